The standard InChI is InChI=1S/C17H19N5O6/c1-7(24)27-13-10(5-23)28-16(17(13,2)26)22-4-8-9(18)3-11(25)21-14-12(8)15(22)20-6-19-14/h3-4,6,10,13,16,23,26H,5,18H2,1-2H3,(H,19,20,21,25)/t10-,13-,16-,17-/m1/s1. The van der Waals surface area contributed by atoms with E-state index in [1.807, 2.05) is 0 Å². The van der Waals surface area contributed by atoms with Gasteiger partial charge in [-0.15, -0.1) is 0 Å². The van der Waals surface area contributed by atoms with Crippen molar-refractivity contribution in [3.05, 3.63) is 22.6 Å². The number of carbonyl (C=O) groups excluding carboxylic acids is 1. The van der Waals surface area contributed by atoms with Gasteiger partial charge in [-0.1, -0.05) is 0 Å². The average Bonchev–Trinajstić information content (AvgIpc) is 3.07. The Labute approximate surface area is 158 Å². The second-order valence-electron chi connectivity index (χ2n) is 6.91. The lowest BCUT2D eigenvalue weighted by atomic mass is 9.96. The first-order chi connectivity index (χ1) is 13.2. The molecule has 1 fully saturated rings. The molecule has 0 aliphatic carbocycles. The van der Waals surface area contributed by atoms with Crippen molar-refractivity contribution in [2.45, 2.75) is 37.9 Å². The predicted octanol–water partition coefficient (Wildman–Crippen LogP) is -0.364. The van der Waals surface area contributed by atoms with Crippen molar-refractivity contribution < 1.29 is 24.5 Å². The molecule has 11 nitrogen and oxygen atoms in total. The number of aliphatic hydroxyl groups excluding tert-OH is 1. The maximum Gasteiger partial charge on any atom is 0.303 e. The summed E-state index contributed by atoms with van der Waals surface area (Å²) in [5, 5.41) is 24.5. The van der Waals surface area contributed by atoms with Crippen LogP contribution in [0.4, 0.5) is 17.3 Å². The molecule has 0 spiro atoms. The molecule has 28 heavy (non-hydrogen) atoms. The molecule has 11 heteroatoms. The summed E-state index contributed by atoms with van der Waals surface area (Å²) in [6.07, 6.45) is -0.142. The Morgan fingerprint density at radius 3 is 2.96 bits per heavy atom. The Kier molecular flexibility index (Phi) is 4.10. The molecule has 2 aliphatic heterocycles. The molecule has 0 bridgehead atoms. The van der Waals surface area contributed by atoms with Crippen molar-refractivity contribution in [1.82, 2.24) is 9.55 Å². The zero-order valence-electron chi connectivity index (χ0n) is 15.1. The van der Waals surface area contributed by atoms with Crippen molar-refractivity contribution in [2.75, 3.05) is 17.7 Å². The summed E-state index contributed by atoms with van der Waals surface area (Å²) in [7, 11) is 0. The summed E-state index contributed by atoms with van der Waals surface area (Å²) < 4.78 is 12.5. The predicted molar refractivity (Wildman–Crippen MR) is 99.4 cm³/mol. The van der Waals surface area contributed by atoms with Gasteiger partial charge in [-0.25, -0.2) is 4.99 Å². The summed E-state index contributed by atoms with van der Waals surface area (Å²) in [5.74, 6) is 0.0113. The minimum absolute atomic E-state index is 0.186. The van der Waals surface area contributed by atoms with Gasteiger partial charge in [0.2, 0.25) is 0 Å². The lowest BCUT2D eigenvalue weighted by Gasteiger charge is -2.30. The molecule has 1 saturated heterocycles. The first-order valence-corrected chi connectivity index (χ1v) is 8.54. The van der Waals surface area contributed by atoms with E-state index >= 15 is 0 Å². The number of nitrogens with zero attached hydrogens (tertiary/aromatic N) is 3. The van der Waals surface area contributed by atoms with Gasteiger partial charge < -0.3 is 35.3 Å². The van der Waals surface area contributed by atoms with Crippen LogP contribution in [0, 0.1) is 0 Å². The number of carbonyl (C=O) groups is 1. The average molecular weight is 389 g/mol. The maximum absolute atomic E-state index is 11.9. The molecule has 4 heterocycles. The second-order valence-corrected chi connectivity index (χ2v) is 6.91. The van der Waals surface area contributed by atoms with Crippen LogP contribution in [0.1, 0.15) is 20.1 Å². The van der Waals surface area contributed by atoms with E-state index in [4.69, 9.17) is 15.2 Å². The minimum atomic E-state index is -1.68. The van der Waals surface area contributed by atoms with Gasteiger partial charge in [0.25, 0.3) is 5.56 Å². The van der Waals surface area contributed by atoms with E-state index in [0.717, 1.165) is 0 Å². The molecular weight excluding hydrogens is 370 g/mol. The van der Waals surface area contributed by atoms with Crippen LogP contribution >= 0.6 is 0 Å². The summed E-state index contributed by atoms with van der Waals surface area (Å²) in [5.41, 5.74) is 4.03. The lowest BCUT2D eigenvalue weighted by molar-refractivity contribution is -0.161. The Balaban J connectivity index is 1.91. The highest BCUT2D eigenvalue weighted by molar-refractivity contribution is 6.10. The SMILES string of the molecule is CC(=O)O[C@@H]1[C@@H](CO)O[C@@H](n2cc3c(N)cc(=O)nc4c3c2N=CN4)[C@]1(C)O. The largest absolute Gasteiger partial charge is 0.456 e. The van der Waals surface area contributed by atoms with Crippen LogP contribution in [-0.2, 0) is 14.3 Å². The van der Waals surface area contributed by atoms with Gasteiger partial charge in [-0.05, 0) is 6.92 Å². The number of nitrogens with two attached hydrogens (primary N) is 1. The van der Waals surface area contributed by atoms with Crippen LogP contribution in [0.3, 0.4) is 0 Å². The minimum Gasteiger partial charge on any atom is -0.456 e. The van der Waals surface area contributed by atoms with Gasteiger partial charge in [0.05, 0.1) is 18.3 Å². The monoisotopic (exact) mass is 389 g/mol. The molecule has 2 aromatic heterocycles. The number of anilines is 2. The van der Waals surface area contributed by atoms with Crippen LogP contribution in [-0.4, -0.2) is 56.5 Å². The van der Waals surface area contributed by atoms with Crippen LogP contribution in [0.25, 0.3) is 10.8 Å². The Hall–Kier alpha value is -3.02. The number of rotatable bonds is 3. The van der Waals surface area contributed by atoms with Gasteiger partial charge in [0.15, 0.2) is 12.3 Å². The number of aromatic nitrogens is 2. The highest BCUT2D eigenvalue weighted by Gasteiger charge is 2.56. The smallest absolute Gasteiger partial charge is 0.303 e. The van der Waals surface area contributed by atoms with Gasteiger partial charge in [0.1, 0.15) is 23.3 Å². The van der Waals surface area contributed by atoms with Crippen molar-refractivity contribution in [3.8, 4) is 0 Å². The molecule has 0 radical (unpaired) electrons. The third-order valence-electron chi connectivity index (χ3n) is 4.89. The second kappa shape index (κ2) is 6.26. The molecule has 2 aromatic rings. The van der Waals surface area contributed by atoms with Crippen molar-refractivity contribution in [3.63, 3.8) is 0 Å². The molecule has 5 N–H and O–H groups in total. The number of hydrogen-bond acceptors (Lipinski definition) is 10. The third kappa shape index (κ3) is 2.63. The summed E-state index contributed by atoms with van der Waals surface area (Å²) >= 11 is 0. The van der Waals surface area contributed by atoms with Crippen molar-refractivity contribution >= 4 is 40.4 Å². The van der Waals surface area contributed by atoms with Crippen LogP contribution < -0.4 is 16.6 Å². The number of esters is 1. The molecule has 0 unspecified atom stereocenters. The highest BCUT2D eigenvalue weighted by Crippen LogP contribution is 2.46. The molecule has 0 saturated carbocycles. The number of ether oxygens (including phenoxy) is 2. The van der Waals surface area contributed by atoms with E-state index in [9.17, 15) is 19.8 Å². The molecule has 4 atom stereocenters. The number of aliphatic hydroxyl groups is 2. The normalized spacial score (nSPS) is 28.4. The fourth-order valence-electron chi connectivity index (χ4n) is 3.70. The zero-order valence-corrected chi connectivity index (χ0v) is 15.1. The first-order valence-electron chi connectivity index (χ1n) is 8.54. The topological polar surface area (TPSA) is 161 Å². The van der Waals surface area contributed by atoms with E-state index in [0.29, 0.717) is 16.6 Å². The summed E-state index contributed by atoms with van der Waals surface area (Å²) in [6, 6.07) is 1.19. The quantitative estimate of drug-likeness (QED) is 0.513. The molecule has 0 aromatic carbocycles. The Bertz CT molecular complexity index is 1060. The number of hydrogen-bond donors (Lipinski definition) is 4. The Morgan fingerprint density at radius 1 is 1.54 bits per heavy atom. The van der Waals surface area contributed by atoms with Gasteiger partial charge >= 0.3 is 5.97 Å². The van der Waals surface area contributed by atoms with Crippen molar-refractivity contribution in [1.29, 1.82) is 0 Å². The summed E-state index contributed by atoms with van der Waals surface area (Å²) in [6.45, 7) is 2.19. The Morgan fingerprint density at radius 2 is 2.29 bits per heavy atom. The fourth-order valence-corrected chi connectivity index (χ4v) is 3.70. The van der Waals surface area contributed by atoms with Crippen LogP contribution in [0.2, 0.25) is 0 Å². The van der Waals surface area contributed by atoms with Gasteiger partial charge in [0, 0.05) is 30.3 Å². The zero-order chi connectivity index (χ0) is 20.2. The van der Waals surface area contributed by atoms with E-state index in [-0.39, 0.29) is 11.5 Å². The van der Waals surface area contributed by atoms with E-state index < -0.39 is 42.2 Å². The third-order valence-corrected chi connectivity index (χ3v) is 4.89. The number of nitrogen functional groups attached to an aromatic ring is 1. The summed E-state index contributed by atoms with van der Waals surface area (Å²) in [4.78, 5) is 31.6. The van der Waals surface area contributed by atoms with Gasteiger partial charge in [-0.3, -0.25) is 9.59 Å². The van der Waals surface area contributed by atoms with E-state index in [1.54, 1.807) is 6.20 Å². The molecular formula is C17H19N5O6. The molecule has 148 valence electrons. The molecule has 2 aliphatic rings. The highest BCUT2D eigenvalue weighted by atomic mass is 16.6. The van der Waals surface area contributed by atoms with Crippen LogP contribution in [0.15, 0.2) is 22.1 Å². The molecule has 4 rings (SSSR count). The first kappa shape index (κ1) is 18.3. The van der Waals surface area contributed by atoms with E-state index in [2.05, 4.69) is 15.3 Å². The number of aliphatic imine (C=N–C) groups is 1. The van der Waals surface area contributed by atoms with E-state index in [1.165, 1.54) is 30.8 Å². The van der Waals surface area contributed by atoms with Crippen LogP contribution in [0.5, 0.6) is 0 Å². The van der Waals surface area contributed by atoms with Crippen molar-refractivity contribution in [2.24, 2.45) is 4.99 Å². The molecule has 0 amide bonds. The number of nitrogens with one attached hydrogen (secondary N) is 1. The lowest BCUT2D eigenvalue weighted by Crippen LogP contribution is -2.46. The fraction of sp³-hybridized carbons (Fsp3) is 0.412. The maximum atomic E-state index is 11.9. The van der Waals surface area contributed by atoms with Gasteiger partial charge in [-0.2, -0.15) is 4.98 Å².